The van der Waals surface area contributed by atoms with Crippen LogP contribution < -0.4 is 11.1 Å². The summed E-state index contributed by atoms with van der Waals surface area (Å²) in [7, 11) is 0. The third-order valence-electron chi connectivity index (χ3n) is 9.24. The molecule has 1 amide bonds. The van der Waals surface area contributed by atoms with Crippen molar-refractivity contribution in [3.8, 4) is 11.3 Å². The van der Waals surface area contributed by atoms with Crippen LogP contribution in [0.1, 0.15) is 60.4 Å². The van der Waals surface area contributed by atoms with E-state index in [2.05, 4.69) is 26.3 Å². The number of Topliss-reactive ketones (excluding diaryl/α,β-unsaturated/α-hetero) is 1. The first kappa shape index (κ1) is 24.7. The van der Waals surface area contributed by atoms with E-state index in [9.17, 15) is 9.59 Å². The Labute approximate surface area is 232 Å². The average molecular weight is 533 g/mol. The van der Waals surface area contributed by atoms with Crippen molar-refractivity contribution in [2.75, 3.05) is 5.73 Å². The number of ketones is 1. The normalized spacial score (nSPS) is 26.6. The molecule has 2 unspecified atom stereocenters. The van der Waals surface area contributed by atoms with Gasteiger partial charge in [-0.1, -0.05) is 36.9 Å². The molecule has 0 radical (unpaired) electrons. The molecule has 2 atom stereocenters. The molecule has 4 saturated carbocycles. The lowest BCUT2D eigenvalue weighted by Gasteiger charge is -2.61. The second-order valence-electron chi connectivity index (χ2n) is 12.0. The Morgan fingerprint density at radius 2 is 1.82 bits per heavy atom. The predicted octanol–water partition coefficient (Wildman–Crippen LogP) is 4.69. The van der Waals surface area contributed by atoms with E-state index >= 15 is 0 Å². The fourth-order valence-corrected chi connectivity index (χ4v) is 8.21. The number of imidazole rings is 1. The topological polar surface area (TPSA) is 115 Å². The first-order chi connectivity index (χ1) is 19.4. The molecule has 8 nitrogen and oxygen atoms in total. The number of fused-ring (bicyclic) bond motifs is 1. The molecule has 3 aromatic heterocycles. The summed E-state index contributed by atoms with van der Waals surface area (Å²) in [5.74, 6) is 2.43. The molecule has 4 aromatic rings. The SMILES string of the molecule is C=CC(=O)NC12CC3CC(C1)CC(c1nc(-c4ccc(C(=O)Cc5ccccn5)cc4)c4c(N)nccn14)(C3)C2. The van der Waals surface area contributed by atoms with Crippen LogP contribution in [0.2, 0.25) is 0 Å². The van der Waals surface area contributed by atoms with Crippen LogP contribution in [-0.2, 0) is 16.6 Å². The number of benzene rings is 1. The van der Waals surface area contributed by atoms with Crippen molar-refractivity contribution in [3.05, 3.63) is 90.8 Å². The van der Waals surface area contributed by atoms with Gasteiger partial charge in [0.1, 0.15) is 22.9 Å². The number of hydrogen-bond donors (Lipinski definition) is 2. The zero-order valence-corrected chi connectivity index (χ0v) is 22.3. The molecule has 4 aliphatic carbocycles. The zero-order chi connectivity index (χ0) is 27.5. The van der Waals surface area contributed by atoms with Gasteiger partial charge in [-0.05, 0) is 68.6 Å². The average Bonchev–Trinajstić information content (AvgIpc) is 3.35. The minimum Gasteiger partial charge on any atom is -0.382 e. The van der Waals surface area contributed by atoms with Gasteiger partial charge in [-0.15, -0.1) is 0 Å². The maximum absolute atomic E-state index is 12.9. The van der Waals surface area contributed by atoms with Crippen LogP contribution in [-0.4, -0.2) is 36.6 Å². The number of nitrogen functional groups attached to an aromatic ring is 1. The summed E-state index contributed by atoms with van der Waals surface area (Å²) in [5.41, 5.74) is 9.90. The number of amides is 1. The van der Waals surface area contributed by atoms with Crippen LogP contribution in [0.25, 0.3) is 16.8 Å². The standard InChI is InChI=1S/C32H32N6O2/c1-2-26(40)37-32-17-20-13-21(18-32)16-31(15-20,19-32)30-36-27(28-29(33)35-11-12-38(28)30)23-8-6-22(7-9-23)25(39)14-24-5-3-4-10-34-24/h2-12,20-21H,1,13-19H2,(H2,33,35)(H,37,40). The van der Waals surface area contributed by atoms with Crippen molar-refractivity contribution in [2.45, 2.75) is 55.9 Å². The lowest BCUT2D eigenvalue weighted by molar-refractivity contribution is -0.123. The van der Waals surface area contributed by atoms with Crippen molar-refractivity contribution in [3.63, 3.8) is 0 Å². The highest BCUT2D eigenvalue weighted by atomic mass is 16.1. The van der Waals surface area contributed by atoms with E-state index in [-0.39, 0.29) is 29.1 Å². The van der Waals surface area contributed by atoms with Crippen LogP contribution in [0, 0.1) is 11.8 Å². The molecule has 40 heavy (non-hydrogen) atoms. The first-order valence-electron chi connectivity index (χ1n) is 14.0. The van der Waals surface area contributed by atoms with Gasteiger partial charge in [-0.3, -0.25) is 19.0 Å². The van der Waals surface area contributed by atoms with Gasteiger partial charge in [0.05, 0.1) is 6.42 Å². The van der Waals surface area contributed by atoms with Crippen molar-refractivity contribution >= 4 is 23.0 Å². The fraction of sp³-hybridized carbons (Fsp3) is 0.344. The van der Waals surface area contributed by atoms with Crippen molar-refractivity contribution in [1.82, 2.24) is 24.7 Å². The van der Waals surface area contributed by atoms with E-state index in [0.717, 1.165) is 60.4 Å². The number of hydrogen-bond acceptors (Lipinski definition) is 6. The van der Waals surface area contributed by atoms with Crippen molar-refractivity contribution < 1.29 is 9.59 Å². The summed E-state index contributed by atoms with van der Waals surface area (Å²) in [4.78, 5) is 39.3. The van der Waals surface area contributed by atoms with E-state index in [1.165, 1.54) is 12.5 Å². The number of rotatable bonds is 7. The number of nitrogens with one attached hydrogen (secondary N) is 1. The monoisotopic (exact) mass is 532 g/mol. The summed E-state index contributed by atoms with van der Waals surface area (Å²) in [6.07, 6.45) is 13.2. The number of carbonyl (C=O) groups is 2. The molecule has 3 heterocycles. The van der Waals surface area contributed by atoms with E-state index in [1.807, 2.05) is 48.7 Å². The quantitative estimate of drug-likeness (QED) is 0.264. The van der Waals surface area contributed by atoms with E-state index in [0.29, 0.717) is 23.2 Å². The Morgan fingerprint density at radius 1 is 1.05 bits per heavy atom. The maximum Gasteiger partial charge on any atom is 0.243 e. The Hall–Kier alpha value is -4.33. The van der Waals surface area contributed by atoms with Gasteiger partial charge in [0.2, 0.25) is 5.91 Å². The Bertz CT molecular complexity index is 1630. The predicted molar refractivity (Wildman–Crippen MR) is 153 cm³/mol. The number of pyridine rings is 1. The maximum atomic E-state index is 12.9. The highest BCUT2D eigenvalue weighted by Crippen LogP contribution is 2.62. The molecule has 1 aromatic carbocycles. The molecule has 202 valence electrons. The second kappa shape index (κ2) is 9.11. The van der Waals surface area contributed by atoms with Crippen molar-refractivity contribution in [1.29, 1.82) is 0 Å². The summed E-state index contributed by atoms with van der Waals surface area (Å²) in [5, 5.41) is 3.33. The van der Waals surface area contributed by atoms with Crippen LogP contribution in [0.4, 0.5) is 5.82 Å². The molecule has 0 spiro atoms. The summed E-state index contributed by atoms with van der Waals surface area (Å²) in [6.45, 7) is 3.69. The van der Waals surface area contributed by atoms with Gasteiger partial charge in [0, 0.05) is 46.4 Å². The zero-order valence-electron chi connectivity index (χ0n) is 22.3. The third kappa shape index (κ3) is 4.01. The molecule has 4 bridgehead atoms. The van der Waals surface area contributed by atoms with Gasteiger partial charge in [0.15, 0.2) is 5.78 Å². The van der Waals surface area contributed by atoms with Gasteiger partial charge in [-0.2, -0.15) is 0 Å². The van der Waals surface area contributed by atoms with E-state index in [1.54, 1.807) is 12.4 Å². The highest BCUT2D eigenvalue weighted by Gasteiger charge is 2.60. The number of nitrogens with two attached hydrogens (primary N) is 1. The largest absolute Gasteiger partial charge is 0.382 e. The smallest absolute Gasteiger partial charge is 0.243 e. The second-order valence-corrected chi connectivity index (χ2v) is 12.0. The number of anilines is 1. The molecule has 4 fully saturated rings. The molecule has 4 aliphatic rings. The lowest BCUT2D eigenvalue weighted by Crippen LogP contribution is -2.64. The third-order valence-corrected chi connectivity index (χ3v) is 9.24. The highest BCUT2D eigenvalue weighted by molar-refractivity contribution is 5.98. The van der Waals surface area contributed by atoms with E-state index < -0.39 is 0 Å². The molecule has 3 N–H and O–H groups in total. The Balaban J connectivity index is 1.27. The minimum absolute atomic E-state index is 0.0160. The summed E-state index contributed by atoms with van der Waals surface area (Å²) in [6, 6.07) is 13.2. The number of aromatic nitrogens is 4. The van der Waals surface area contributed by atoms with Gasteiger partial charge < -0.3 is 11.1 Å². The first-order valence-corrected chi connectivity index (χ1v) is 14.0. The molecular formula is C32H32N6O2. The van der Waals surface area contributed by atoms with Crippen molar-refractivity contribution in [2.24, 2.45) is 11.8 Å². The molecule has 0 aliphatic heterocycles. The fourth-order valence-electron chi connectivity index (χ4n) is 8.21. The molecule has 8 heteroatoms. The van der Waals surface area contributed by atoms with Crippen LogP contribution in [0.5, 0.6) is 0 Å². The molecular weight excluding hydrogens is 500 g/mol. The summed E-state index contributed by atoms with van der Waals surface area (Å²) < 4.78 is 2.12. The molecule has 8 rings (SSSR count). The molecule has 0 saturated heterocycles. The number of carbonyl (C=O) groups excluding carboxylic acids is 2. The Morgan fingerprint density at radius 3 is 2.52 bits per heavy atom. The lowest BCUT2D eigenvalue weighted by atomic mass is 9.46. The van der Waals surface area contributed by atoms with Gasteiger partial charge in [0.25, 0.3) is 0 Å². The van der Waals surface area contributed by atoms with Gasteiger partial charge in [-0.25, -0.2) is 9.97 Å². The van der Waals surface area contributed by atoms with E-state index in [4.69, 9.17) is 10.7 Å². The Kier molecular flexibility index (Phi) is 5.63. The van der Waals surface area contributed by atoms with Crippen LogP contribution >= 0.6 is 0 Å². The minimum atomic E-state index is -0.227. The van der Waals surface area contributed by atoms with Crippen LogP contribution in [0.15, 0.2) is 73.7 Å². The summed E-state index contributed by atoms with van der Waals surface area (Å²) >= 11 is 0. The van der Waals surface area contributed by atoms with Gasteiger partial charge >= 0.3 is 0 Å². The van der Waals surface area contributed by atoms with Crippen LogP contribution in [0.3, 0.4) is 0 Å². The number of nitrogens with zero attached hydrogens (tertiary/aromatic N) is 4.